The van der Waals surface area contributed by atoms with Crippen molar-refractivity contribution in [2.24, 2.45) is 0 Å². The molecule has 1 rings (SSSR count). The van der Waals surface area contributed by atoms with E-state index in [1.54, 1.807) is 32.2 Å². The number of carbonyl (C=O) groups excluding carboxylic acids is 1. The monoisotopic (exact) mass is 210 g/mol. The second kappa shape index (κ2) is 5.19. The van der Waals surface area contributed by atoms with Gasteiger partial charge in [0.1, 0.15) is 0 Å². The van der Waals surface area contributed by atoms with E-state index in [1.807, 2.05) is 0 Å². The molecule has 1 heterocycles. The first-order valence-electron chi connectivity index (χ1n) is 4.62. The fourth-order valence-electron chi connectivity index (χ4n) is 0.958. The molecule has 15 heavy (non-hydrogen) atoms. The molecule has 0 fully saturated rings. The summed E-state index contributed by atoms with van der Waals surface area (Å²) >= 11 is 0. The number of nitrogens with two attached hydrogens (primary N) is 1. The third kappa shape index (κ3) is 3.84. The molecule has 0 unspecified atom stereocenters. The average Bonchev–Trinajstić information content (AvgIpc) is 2.15. The quantitative estimate of drug-likeness (QED) is 0.750. The molecule has 5 nitrogen and oxygen atoms in total. The minimum Gasteiger partial charge on any atom is -0.478 e. The summed E-state index contributed by atoms with van der Waals surface area (Å²) in [7, 11) is 0. The van der Waals surface area contributed by atoms with E-state index < -0.39 is 5.97 Å². The molecule has 0 bridgehead atoms. The first-order chi connectivity index (χ1) is 7.09. The normalized spacial score (nSPS) is 10.1. The molecule has 0 saturated heterocycles. The maximum atomic E-state index is 11.1. The molecule has 1 aromatic heterocycles. The van der Waals surface area contributed by atoms with Crippen LogP contribution in [0.5, 0.6) is 5.75 Å². The summed E-state index contributed by atoms with van der Waals surface area (Å²) in [6.45, 7) is 3.39. The van der Waals surface area contributed by atoms with Crippen LogP contribution in [0, 0.1) is 0 Å². The maximum Gasteiger partial charge on any atom is 0.344 e. The third-order valence-corrected chi connectivity index (χ3v) is 1.51. The highest BCUT2D eigenvalue weighted by molar-refractivity contribution is 5.71. The number of aromatic nitrogens is 1. The molecule has 0 aromatic carbocycles. The van der Waals surface area contributed by atoms with Crippen LogP contribution in [0.15, 0.2) is 18.3 Å². The predicted octanol–water partition coefficient (Wildman–Crippen LogP) is 0.994. The molecular formula is C10H14N2O3. The Morgan fingerprint density at radius 3 is 2.93 bits per heavy atom. The van der Waals surface area contributed by atoms with Crippen LogP contribution in [0.1, 0.15) is 13.8 Å². The van der Waals surface area contributed by atoms with Gasteiger partial charge in [-0.1, -0.05) is 0 Å². The van der Waals surface area contributed by atoms with Gasteiger partial charge in [-0.05, 0) is 26.0 Å². The molecule has 0 aliphatic rings. The largest absolute Gasteiger partial charge is 0.478 e. The van der Waals surface area contributed by atoms with Gasteiger partial charge in [0.15, 0.2) is 18.2 Å². The summed E-state index contributed by atoms with van der Waals surface area (Å²) in [5, 5.41) is 0. The minimum atomic E-state index is -0.423. The maximum absolute atomic E-state index is 11.1. The van der Waals surface area contributed by atoms with Crippen molar-refractivity contribution in [2.75, 3.05) is 12.3 Å². The van der Waals surface area contributed by atoms with Crippen LogP contribution in [0.4, 0.5) is 5.82 Å². The first kappa shape index (κ1) is 11.3. The number of hydrogen-bond donors (Lipinski definition) is 1. The van der Waals surface area contributed by atoms with Crippen molar-refractivity contribution in [3.63, 3.8) is 0 Å². The number of pyridine rings is 1. The van der Waals surface area contributed by atoms with Gasteiger partial charge in [-0.2, -0.15) is 0 Å². The van der Waals surface area contributed by atoms with E-state index in [-0.39, 0.29) is 18.5 Å². The zero-order valence-electron chi connectivity index (χ0n) is 8.77. The number of esters is 1. The van der Waals surface area contributed by atoms with E-state index in [2.05, 4.69) is 4.98 Å². The molecule has 1 aromatic rings. The fourth-order valence-corrected chi connectivity index (χ4v) is 0.958. The number of nitrogen functional groups attached to an aromatic ring is 1. The van der Waals surface area contributed by atoms with E-state index in [0.29, 0.717) is 5.75 Å². The number of nitrogens with zero attached hydrogens (tertiary/aromatic N) is 1. The predicted molar refractivity (Wildman–Crippen MR) is 55.4 cm³/mol. The van der Waals surface area contributed by atoms with Gasteiger partial charge in [-0.15, -0.1) is 0 Å². The zero-order chi connectivity index (χ0) is 11.3. The van der Waals surface area contributed by atoms with Crippen LogP contribution in [-0.2, 0) is 9.53 Å². The Balaban J connectivity index is 2.44. The molecule has 0 radical (unpaired) electrons. The van der Waals surface area contributed by atoms with E-state index in [4.69, 9.17) is 15.2 Å². The SMILES string of the molecule is CC(C)OC(=O)COc1cccnc1N. The first-order valence-corrected chi connectivity index (χ1v) is 4.62. The standard InChI is InChI=1S/C10H14N2O3/c1-7(2)15-9(13)6-14-8-4-3-5-12-10(8)11/h3-5,7H,6H2,1-2H3,(H2,11,12). The lowest BCUT2D eigenvalue weighted by molar-refractivity contribution is -0.149. The van der Waals surface area contributed by atoms with Crippen molar-refractivity contribution in [1.82, 2.24) is 4.98 Å². The van der Waals surface area contributed by atoms with Crippen molar-refractivity contribution in [1.29, 1.82) is 0 Å². The van der Waals surface area contributed by atoms with Gasteiger partial charge in [0.05, 0.1) is 6.10 Å². The van der Waals surface area contributed by atoms with Crippen molar-refractivity contribution in [2.45, 2.75) is 20.0 Å². The lowest BCUT2D eigenvalue weighted by atomic mass is 10.4. The number of rotatable bonds is 4. The third-order valence-electron chi connectivity index (χ3n) is 1.51. The van der Waals surface area contributed by atoms with Crippen LogP contribution in [-0.4, -0.2) is 23.7 Å². The second-order valence-electron chi connectivity index (χ2n) is 3.21. The fraction of sp³-hybridized carbons (Fsp3) is 0.400. The van der Waals surface area contributed by atoms with Crippen LogP contribution >= 0.6 is 0 Å². The molecule has 0 spiro atoms. The Kier molecular flexibility index (Phi) is 3.91. The van der Waals surface area contributed by atoms with E-state index >= 15 is 0 Å². The molecule has 0 saturated carbocycles. The van der Waals surface area contributed by atoms with Crippen LogP contribution in [0.2, 0.25) is 0 Å². The van der Waals surface area contributed by atoms with Crippen LogP contribution < -0.4 is 10.5 Å². The van der Waals surface area contributed by atoms with E-state index in [9.17, 15) is 4.79 Å². The number of anilines is 1. The molecule has 0 atom stereocenters. The smallest absolute Gasteiger partial charge is 0.344 e. The highest BCUT2D eigenvalue weighted by atomic mass is 16.6. The van der Waals surface area contributed by atoms with E-state index in [0.717, 1.165) is 0 Å². The Hall–Kier alpha value is -1.78. The van der Waals surface area contributed by atoms with Crippen molar-refractivity contribution >= 4 is 11.8 Å². The number of ether oxygens (including phenoxy) is 2. The Morgan fingerprint density at radius 2 is 2.33 bits per heavy atom. The lowest BCUT2D eigenvalue weighted by Crippen LogP contribution is -2.19. The topological polar surface area (TPSA) is 74.4 Å². The van der Waals surface area contributed by atoms with Crippen molar-refractivity contribution in [3.05, 3.63) is 18.3 Å². The van der Waals surface area contributed by atoms with Gasteiger partial charge in [0, 0.05) is 6.20 Å². The highest BCUT2D eigenvalue weighted by Gasteiger charge is 2.07. The Morgan fingerprint density at radius 1 is 1.60 bits per heavy atom. The molecule has 5 heteroatoms. The van der Waals surface area contributed by atoms with Gasteiger partial charge in [-0.3, -0.25) is 0 Å². The average molecular weight is 210 g/mol. The summed E-state index contributed by atoms with van der Waals surface area (Å²) in [6, 6.07) is 3.32. The molecule has 0 aliphatic heterocycles. The van der Waals surface area contributed by atoms with Gasteiger partial charge in [0.25, 0.3) is 0 Å². The second-order valence-corrected chi connectivity index (χ2v) is 3.21. The Bertz CT molecular complexity index is 339. The minimum absolute atomic E-state index is 0.146. The number of hydrogen-bond acceptors (Lipinski definition) is 5. The Labute approximate surface area is 88.2 Å². The van der Waals surface area contributed by atoms with Gasteiger partial charge in [0.2, 0.25) is 0 Å². The summed E-state index contributed by atoms with van der Waals surface area (Å²) in [4.78, 5) is 14.9. The summed E-state index contributed by atoms with van der Waals surface area (Å²) in [5.41, 5.74) is 5.52. The summed E-state index contributed by atoms with van der Waals surface area (Å²) in [5.74, 6) is 0.223. The molecule has 82 valence electrons. The van der Waals surface area contributed by atoms with Gasteiger partial charge >= 0.3 is 5.97 Å². The van der Waals surface area contributed by atoms with Crippen LogP contribution in [0.3, 0.4) is 0 Å². The van der Waals surface area contributed by atoms with Crippen molar-refractivity contribution in [3.8, 4) is 5.75 Å². The van der Waals surface area contributed by atoms with Crippen LogP contribution in [0.25, 0.3) is 0 Å². The summed E-state index contributed by atoms with van der Waals surface area (Å²) < 4.78 is 10.0. The summed E-state index contributed by atoms with van der Waals surface area (Å²) in [6.07, 6.45) is 1.40. The van der Waals surface area contributed by atoms with Gasteiger partial charge < -0.3 is 15.2 Å². The molecular weight excluding hydrogens is 196 g/mol. The lowest BCUT2D eigenvalue weighted by Gasteiger charge is -2.09. The molecule has 0 amide bonds. The van der Waals surface area contributed by atoms with Gasteiger partial charge in [-0.25, -0.2) is 9.78 Å². The zero-order valence-corrected chi connectivity index (χ0v) is 8.77. The highest BCUT2D eigenvalue weighted by Crippen LogP contribution is 2.16. The van der Waals surface area contributed by atoms with E-state index in [1.165, 1.54) is 0 Å². The number of carbonyl (C=O) groups is 1. The molecule has 0 aliphatic carbocycles. The molecule has 2 N–H and O–H groups in total. The van der Waals surface area contributed by atoms with Crippen molar-refractivity contribution < 1.29 is 14.3 Å².